The zero-order chi connectivity index (χ0) is 17.6. The summed E-state index contributed by atoms with van der Waals surface area (Å²) in [6.45, 7) is 3.93. The Morgan fingerprint density at radius 2 is 1.38 bits per heavy atom. The Labute approximate surface area is 147 Å². The zero-order valence-corrected chi connectivity index (χ0v) is 15.4. The van der Waals surface area contributed by atoms with Crippen molar-refractivity contribution in [2.24, 2.45) is 0 Å². The highest BCUT2D eigenvalue weighted by Crippen LogP contribution is 2.28. The van der Waals surface area contributed by atoms with Crippen LogP contribution in [0.5, 0.6) is 11.5 Å². The molecule has 134 valence electrons. The molecule has 0 aliphatic heterocycles. The van der Waals surface area contributed by atoms with Crippen molar-refractivity contribution in [2.45, 2.75) is 78.1 Å². The largest absolute Gasteiger partial charge is 0.508 e. The number of phenolic OH excluding ortho intramolecular Hbond substituents is 2. The van der Waals surface area contributed by atoms with E-state index in [9.17, 15) is 10.2 Å². The van der Waals surface area contributed by atoms with E-state index in [-0.39, 0.29) is 11.5 Å². The smallest absolute Gasteiger partial charge is 0.122 e. The summed E-state index contributed by atoms with van der Waals surface area (Å²) < 4.78 is 0. The number of aromatic hydroxyl groups is 2. The van der Waals surface area contributed by atoms with Gasteiger partial charge in [0.15, 0.2) is 0 Å². The molecule has 0 bridgehead atoms. The Kier molecular flexibility index (Phi) is 10.8. The fourth-order valence-electron chi connectivity index (χ4n) is 2.68. The van der Waals surface area contributed by atoms with E-state index in [1.165, 1.54) is 44.9 Å². The topological polar surface area (TPSA) is 40.5 Å². The molecule has 0 fully saturated rings. The van der Waals surface area contributed by atoms with Crippen LogP contribution < -0.4 is 0 Å². The standard InChI is InChI=1S/C22H34O2/c1-3-4-5-6-7-8-9-10-11-12-13-14-15-16-20-17-21(23)19(2)22(24)18-20/h5-6,8-9,17-18,23-24H,3-4,7,10-16H2,1-2H3. The highest BCUT2D eigenvalue weighted by molar-refractivity contribution is 5.45. The van der Waals surface area contributed by atoms with E-state index in [1.54, 1.807) is 19.1 Å². The normalized spacial score (nSPS) is 11.8. The van der Waals surface area contributed by atoms with Crippen LogP contribution in [0.3, 0.4) is 0 Å². The van der Waals surface area contributed by atoms with Crippen LogP contribution >= 0.6 is 0 Å². The first-order valence-electron chi connectivity index (χ1n) is 9.46. The summed E-state index contributed by atoms with van der Waals surface area (Å²) in [4.78, 5) is 0. The number of unbranched alkanes of at least 4 members (excludes halogenated alkanes) is 6. The van der Waals surface area contributed by atoms with Crippen molar-refractivity contribution in [2.75, 3.05) is 0 Å². The Hall–Kier alpha value is -1.70. The maximum absolute atomic E-state index is 9.71. The molecular weight excluding hydrogens is 296 g/mol. The third-order valence-electron chi connectivity index (χ3n) is 4.31. The Morgan fingerprint density at radius 1 is 0.792 bits per heavy atom. The molecule has 0 radical (unpaired) electrons. The number of aryl methyl sites for hydroxylation is 1. The highest BCUT2D eigenvalue weighted by Gasteiger charge is 2.04. The monoisotopic (exact) mass is 330 g/mol. The zero-order valence-electron chi connectivity index (χ0n) is 15.4. The van der Waals surface area contributed by atoms with Crippen LogP contribution in [0, 0.1) is 6.92 Å². The van der Waals surface area contributed by atoms with Gasteiger partial charge in [0.1, 0.15) is 11.5 Å². The van der Waals surface area contributed by atoms with Crippen molar-refractivity contribution in [1.29, 1.82) is 0 Å². The molecule has 1 rings (SSSR count). The van der Waals surface area contributed by atoms with Crippen LogP contribution in [-0.4, -0.2) is 10.2 Å². The maximum atomic E-state index is 9.71. The van der Waals surface area contributed by atoms with Gasteiger partial charge >= 0.3 is 0 Å². The van der Waals surface area contributed by atoms with Gasteiger partial charge in [0.2, 0.25) is 0 Å². The van der Waals surface area contributed by atoms with E-state index in [0.29, 0.717) is 5.56 Å². The molecule has 0 aliphatic carbocycles. The highest BCUT2D eigenvalue weighted by atomic mass is 16.3. The van der Waals surface area contributed by atoms with Crippen molar-refractivity contribution < 1.29 is 10.2 Å². The summed E-state index contributed by atoms with van der Waals surface area (Å²) in [5, 5.41) is 19.4. The molecule has 0 saturated carbocycles. The Bertz CT molecular complexity index is 492. The van der Waals surface area contributed by atoms with Crippen molar-refractivity contribution in [1.82, 2.24) is 0 Å². The van der Waals surface area contributed by atoms with Gasteiger partial charge < -0.3 is 10.2 Å². The predicted octanol–water partition coefficient (Wildman–Crippen LogP) is 6.59. The number of benzene rings is 1. The first kappa shape index (κ1) is 20.3. The second kappa shape index (κ2) is 12.7. The van der Waals surface area contributed by atoms with E-state index in [4.69, 9.17) is 0 Å². The third-order valence-corrected chi connectivity index (χ3v) is 4.31. The molecule has 2 nitrogen and oxygen atoms in total. The van der Waals surface area contributed by atoms with Crippen LogP contribution in [-0.2, 0) is 6.42 Å². The van der Waals surface area contributed by atoms with Crippen molar-refractivity contribution in [3.63, 3.8) is 0 Å². The van der Waals surface area contributed by atoms with E-state index in [1.807, 2.05) is 0 Å². The number of phenols is 2. The van der Waals surface area contributed by atoms with Crippen LogP contribution in [0.4, 0.5) is 0 Å². The van der Waals surface area contributed by atoms with Gasteiger partial charge in [-0.05, 0) is 63.1 Å². The summed E-state index contributed by atoms with van der Waals surface area (Å²) in [6, 6.07) is 3.55. The molecule has 1 aromatic carbocycles. The molecule has 0 aliphatic rings. The molecular formula is C22H34O2. The lowest BCUT2D eigenvalue weighted by molar-refractivity contribution is 0.441. The van der Waals surface area contributed by atoms with Gasteiger partial charge in [-0.1, -0.05) is 56.9 Å². The summed E-state index contributed by atoms with van der Waals surface area (Å²) >= 11 is 0. The maximum Gasteiger partial charge on any atom is 0.122 e. The lowest BCUT2D eigenvalue weighted by Gasteiger charge is -2.07. The van der Waals surface area contributed by atoms with Crippen LogP contribution in [0.2, 0.25) is 0 Å². The second-order valence-electron chi connectivity index (χ2n) is 6.53. The van der Waals surface area contributed by atoms with Crippen LogP contribution in [0.1, 0.15) is 75.8 Å². The molecule has 0 atom stereocenters. The Morgan fingerprint density at radius 3 is 2.04 bits per heavy atom. The fourth-order valence-corrected chi connectivity index (χ4v) is 2.68. The van der Waals surface area contributed by atoms with Crippen molar-refractivity contribution >= 4 is 0 Å². The molecule has 0 unspecified atom stereocenters. The quantitative estimate of drug-likeness (QED) is 0.335. The lowest BCUT2D eigenvalue weighted by Crippen LogP contribution is -1.88. The van der Waals surface area contributed by atoms with Gasteiger partial charge in [-0.15, -0.1) is 0 Å². The first-order chi connectivity index (χ1) is 11.6. The molecule has 0 saturated heterocycles. The van der Waals surface area contributed by atoms with Crippen LogP contribution in [0.25, 0.3) is 0 Å². The molecule has 1 aromatic rings. The summed E-state index contributed by atoms with van der Waals surface area (Å²) in [5.74, 6) is 0.391. The average molecular weight is 331 g/mol. The first-order valence-corrected chi connectivity index (χ1v) is 9.46. The molecule has 0 heterocycles. The van der Waals surface area contributed by atoms with E-state index < -0.39 is 0 Å². The number of allylic oxidation sites excluding steroid dienone is 4. The molecule has 0 spiro atoms. The third kappa shape index (κ3) is 8.81. The number of hydrogen-bond acceptors (Lipinski definition) is 2. The Balaban J connectivity index is 2.02. The van der Waals surface area contributed by atoms with Gasteiger partial charge in [0, 0.05) is 5.56 Å². The molecule has 0 aromatic heterocycles. The minimum Gasteiger partial charge on any atom is -0.508 e. The predicted molar refractivity (Wildman–Crippen MR) is 104 cm³/mol. The van der Waals surface area contributed by atoms with E-state index >= 15 is 0 Å². The minimum absolute atomic E-state index is 0.196. The van der Waals surface area contributed by atoms with E-state index in [0.717, 1.165) is 24.8 Å². The molecule has 24 heavy (non-hydrogen) atoms. The van der Waals surface area contributed by atoms with Gasteiger partial charge in [0.25, 0.3) is 0 Å². The van der Waals surface area contributed by atoms with Gasteiger partial charge in [-0.25, -0.2) is 0 Å². The van der Waals surface area contributed by atoms with Gasteiger partial charge in [-0.3, -0.25) is 0 Å². The minimum atomic E-state index is 0.196. The van der Waals surface area contributed by atoms with Gasteiger partial charge in [-0.2, -0.15) is 0 Å². The second-order valence-corrected chi connectivity index (χ2v) is 6.53. The summed E-state index contributed by atoms with van der Waals surface area (Å²) in [6.07, 6.45) is 20.8. The average Bonchev–Trinajstić information content (AvgIpc) is 2.56. The number of rotatable bonds is 12. The van der Waals surface area contributed by atoms with Crippen LogP contribution in [0.15, 0.2) is 36.4 Å². The summed E-state index contributed by atoms with van der Waals surface area (Å²) in [5.41, 5.74) is 1.59. The number of hydrogen-bond donors (Lipinski definition) is 2. The van der Waals surface area contributed by atoms with Crippen molar-refractivity contribution in [3.05, 3.63) is 47.6 Å². The van der Waals surface area contributed by atoms with Crippen molar-refractivity contribution in [3.8, 4) is 11.5 Å². The van der Waals surface area contributed by atoms with E-state index in [2.05, 4.69) is 31.2 Å². The SMILES string of the molecule is CCCC=CCC=CCCCCCCCc1cc(O)c(C)c(O)c1. The summed E-state index contributed by atoms with van der Waals surface area (Å²) in [7, 11) is 0. The molecule has 0 amide bonds. The fraction of sp³-hybridized carbons (Fsp3) is 0.545. The lowest BCUT2D eigenvalue weighted by atomic mass is 10.0. The van der Waals surface area contributed by atoms with Gasteiger partial charge in [0.05, 0.1) is 0 Å². The molecule has 2 N–H and O–H groups in total. The molecule has 2 heteroatoms.